The van der Waals surface area contributed by atoms with E-state index < -0.39 is 17.1 Å². The highest BCUT2D eigenvalue weighted by molar-refractivity contribution is 6.17. The van der Waals surface area contributed by atoms with Crippen molar-refractivity contribution in [2.75, 3.05) is 62.5 Å². The first kappa shape index (κ1) is 31.4. The lowest BCUT2D eigenvalue weighted by molar-refractivity contribution is -0.131. The second kappa shape index (κ2) is 13.5. The smallest absolute Gasteiger partial charge is 0.240 e. The zero-order valence-corrected chi connectivity index (χ0v) is 26.6. The van der Waals surface area contributed by atoms with Crippen LogP contribution in [0.15, 0.2) is 72.9 Å². The molecule has 5 aromatic rings. The summed E-state index contributed by atoms with van der Waals surface area (Å²) in [4.78, 5) is 36.5. The number of morpholine rings is 1. The summed E-state index contributed by atoms with van der Waals surface area (Å²) in [5.74, 6) is 0.710. The minimum absolute atomic E-state index is 0.383. The van der Waals surface area contributed by atoms with E-state index in [1.54, 1.807) is 43.6 Å². The Balaban J connectivity index is 1.01. The number of aromatic amines is 1. The van der Waals surface area contributed by atoms with E-state index in [9.17, 15) is 14.0 Å². The number of methoxy groups -OCH3 is 1. The SMILES string of the molecule is COc1cc2c(cc1NCCCN1CCOCC1)[nH]c1c(Oc3ccc(NC(=O)C4(C(=O)Nc5ccc(F)cc5)CC4)cc3)ccnc12. The molecule has 7 rings (SSSR count). The third-order valence-electron chi connectivity index (χ3n) is 8.90. The summed E-state index contributed by atoms with van der Waals surface area (Å²) in [6.45, 7) is 5.38. The highest BCUT2D eigenvalue weighted by Gasteiger charge is 2.56. The number of hydrogen-bond donors (Lipinski definition) is 4. The number of carbonyl (C=O) groups is 2. The Kier molecular flexibility index (Phi) is 8.83. The van der Waals surface area contributed by atoms with E-state index in [2.05, 4.69) is 30.8 Å². The molecule has 3 aromatic carbocycles. The van der Waals surface area contributed by atoms with E-state index in [4.69, 9.17) is 14.2 Å². The number of ether oxygens (including phenoxy) is 3. The molecular weight excluding hydrogens is 615 g/mol. The second-order valence-electron chi connectivity index (χ2n) is 12.1. The first-order valence-electron chi connectivity index (χ1n) is 16.1. The topological polar surface area (TPSA) is 130 Å². The Morgan fingerprint density at radius 2 is 1.65 bits per heavy atom. The van der Waals surface area contributed by atoms with Gasteiger partial charge in [0.25, 0.3) is 0 Å². The van der Waals surface area contributed by atoms with Crippen LogP contribution in [0.4, 0.5) is 21.5 Å². The number of nitrogens with one attached hydrogen (secondary N) is 4. The summed E-state index contributed by atoms with van der Waals surface area (Å²) in [5, 5.41) is 10.0. The zero-order chi connectivity index (χ0) is 33.1. The van der Waals surface area contributed by atoms with E-state index in [-0.39, 0.29) is 5.91 Å². The summed E-state index contributed by atoms with van der Waals surface area (Å²) in [7, 11) is 1.66. The van der Waals surface area contributed by atoms with Crippen molar-refractivity contribution < 1.29 is 28.2 Å². The normalized spacial score (nSPS) is 15.6. The van der Waals surface area contributed by atoms with Crippen molar-refractivity contribution in [2.24, 2.45) is 5.41 Å². The third-order valence-corrected chi connectivity index (χ3v) is 8.90. The van der Waals surface area contributed by atoms with E-state index in [0.717, 1.165) is 79.2 Å². The van der Waals surface area contributed by atoms with Crippen LogP contribution >= 0.6 is 0 Å². The van der Waals surface area contributed by atoms with Gasteiger partial charge in [0, 0.05) is 48.7 Å². The Morgan fingerprint density at radius 1 is 0.958 bits per heavy atom. The molecule has 11 nitrogen and oxygen atoms in total. The van der Waals surface area contributed by atoms with Crippen LogP contribution in [0.5, 0.6) is 17.2 Å². The predicted octanol–water partition coefficient (Wildman–Crippen LogP) is 6.15. The number of fused-ring (bicyclic) bond motifs is 3. The van der Waals surface area contributed by atoms with Gasteiger partial charge in [-0.25, -0.2) is 4.39 Å². The predicted molar refractivity (Wildman–Crippen MR) is 182 cm³/mol. The highest BCUT2D eigenvalue weighted by Crippen LogP contribution is 2.47. The Morgan fingerprint density at radius 3 is 2.31 bits per heavy atom. The molecule has 0 radical (unpaired) electrons. The van der Waals surface area contributed by atoms with Crippen molar-refractivity contribution in [2.45, 2.75) is 19.3 Å². The van der Waals surface area contributed by atoms with Crippen molar-refractivity contribution in [3.63, 3.8) is 0 Å². The molecule has 1 saturated carbocycles. The Hall–Kier alpha value is -5.20. The van der Waals surface area contributed by atoms with Crippen molar-refractivity contribution >= 4 is 50.8 Å². The number of rotatable bonds is 12. The van der Waals surface area contributed by atoms with Crippen LogP contribution in [0.3, 0.4) is 0 Å². The van der Waals surface area contributed by atoms with Gasteiger partial charge in [0.2, 0.25) is 11.8 Å². The number of benzene rings is 3. The standard InChI is InChI=1S/C36H37FN6O5/c1-46-31-21-27-28(22-29(31)38-14-2-16-43-17-19-47-20-18-43)42-33-30(11-15-39-32(27)33)48-26-9-7-25(8-10-26)41-35(45)36(12-13-36)34(44)40-24-5-3-23(37)4-6-24/h3-11,15,21-22,38,42H,2,12-14,16-20H2,1H3,(H,40,44)(H,41,45). The molecule has 3 heterocycles. The maximum Gasteiger partial charge on any atom is 0.240 e. The molecule has 2 amide bonds. The minimum atomic E-state index is -1.15. The van der Waals surface area contributed by atoms with E-state index in [0.29, 0.717) is 35.7 Å². The first-order chi connectivity index (χ1) is 23.4. The average Bonchev–Trinajstić information content (AvgIpc) is 3.85. The van der Waals surface area contributed by atoms with Gasteiger partial charge in [-0.2, -0.15) is 0 Å². The number of pyridine rings is 1. The average molecular weight is 653 g/mol. The van der Waals surface area contributed by atoms with Crippen LogP contribution in [-0.2, 0) is 14.3 Å². The Bertz CT molecular complexity index is 1940. The van der Waals surface area contributed by atoms with E-state index in [1.165, 1.54) is 24.3 Å². The largest absolute Gasteiger partial charge is 0.495 e. The van der Waals surface area contributed by atoms with Crippen LogP contribution in [0.25, 0.3) is 21.9 Å². The fraction of sp³-hybridized carbons (Fsp3) is 0.306. The third kappa shape index (κ3) is 6.62. The molecule has 48 heavy (non-hydrogen) atoms. The molecule has 248 valence electrons. The number of aromatic nitrogens is 2. The summed E-state index contributed by atoms with van der Waals surface area (Å²) < 4.78 is 30.7. The quantitative estimate of drug-likeness (QED) is 0.0934. The number of carbonyl (C=O) groups excluding carboxylic acids is 2. The molecule has 12 heteroatoms. The van der Waals surface area contributed by atoms with Crippen molar-refractivity contribution in [1.82, 2.24) is 14.9 Å². The monoisotopic (exact) mass is 652 g/mol. The highest BCUT2D eigenvalue weighted by atomic mass is 19.1. The minimum Gasteiger partial charge on any atom is -0.495 e. The lowest BCUT2D eigenvalue weighted by Gasteiger charge is -2.26. The van der Waals surface area contributed by atoms with Gasteiger partial charge in [-0.05, 0) is 86.5 Å². The molecule has 1 saturated heterocycles. The summed E-state index contributed by atoms with van der Waals surface area (Å²) in [6, 6.07) is 18.2. The molecule has 4 N–H and O–H groups in total. The van der Waals surface area contributed by atoms with E-state index in [1.807, 2.05) is 12.1 Å². The van der Waals surface area contributed by atoms with Crippen LogP contribution in [-0.4, -0.2) is 73.2 Å². The van der Waals surface area contributed by atoms with Gasteiger partial charge in [0.05, 0.1) is 37.0 Å². The second-order valence-corrected chi connectivity index (χ2v) is 12.1. The molecule has 0 atom stereocenters. The molecule has 0 spiro atoms. The molecule has 1 aliphatic carbocycles. The molecule has 2 aromatic heterocycles. The van der Waals surface area contributed by atoms with Gasteiger partial charge in [-0.1, -0.05) is 0 Å². The van der Waals surface area contributed by atoms with Crippen LogP contribution < -0.4 is 25.4 Å². The summed E-state index contributed by atoms with van der Waals surface area (Å²) in [5.41, 5.74) is 3.14. The fourth-order valence-corrected chi connectivity index (χ4v) is 5.98. The number of H-pyrrole nitrogens is 1. The summed E-state index contributed by atoms with van der Waals surface area (Å²) in [6.07, 6.45) is 3.58. The van der Waals surface area contributed by atoms with Crippen LogP contribution in [0.1, 0.15) is 19.3 Å². The van der Waals surface area contributed by atoms with Gasteiger partial charge in [-0.3, -0.25) is 19.5 Å². The number of amides is 2. The maximum atomic E-state index is 13.2. The number of nitrogens with zero attached hydrogens (tertiary/aromatic N) is 2. The van der Waals surface area contributed by atoms with Crippen LogP contribution in [0, 0.1) is 11.2 Å². The fourth-order valence-electron chi connectivity index (χ4n) is 5.98. The van der Waals surface area contributed by atoms with Gasteiger partial charge in [-0.15, -0.1) is 0 Å². The van der Waals surface area contributed by atoms with Crippen molar-refractivity contribution in [3.05, 3.63) is 78.7 Å². The van der Waals surface area contributed by atoms with Crippen molar-refractivity contribution in [1.29, 1.82) is 0 Å². The molecule has 1 aliphatic heterocycles. The number of hydrogen-bond acceptors (Lipinski definition) is 8. The molecule has 0 unspecified atom stereocenters. The van der Waals surface area contributed by atoms with Gasteiger partial charge in [0.1, 0.15) is 28.2 Å². The molecule has 2 aliphatic rings. The molecule has 2 fully saturated rings. The first-order valence-corrected chi connectivity index (χ1v) is 16.1. The zero-order valence-electron chi connectivity index (χ0n) is 26.6. The van der Waals surface area contributed by atoms with Crippen LogP contribution in [0.2, 0.25) is 0 Å². The summed E-state index contributed by atoms with van der Waals surface area (Å²) >= 11 is 0. The van der Waals surface area contributed by atoms with Crippen molar-refractivity contribution in [3.8, 4) is 17.2 Å². The van der Waals surface area contributed by atoms with Gasteiger partial charge >= 0.3 is 0 Å². The lowest BCUT2D eigenvalue weighted by Crippen LogP contribution is -2.37. The van der Waals surface area contributed by atoms with Gasteiger partial charge in [0.15, 0.2) is 5.75 Å². The Labute approximate surface area is 276 Å². The maximum absolute atomic E-state index is 13.2. The van der Waals surface area contributed by atoms with Gasteiger partial charge < -0.3 is 35.1 Å². The van der Waals surface area contributed by atoms with E-state index >= 15 is 0 Å². The number of anilines is 3. The molecular formula is C36H37FN6O5. The number of halogens is 1. The lowest BCUT2D eigenvalue weighted by atomic mass is 10.0. The molecule has 0 bridgehead atoms.